The van der Waals surface area contributed by atoms with E-state index < -0.39 is 6.10 Å². The normalized spacial score (nSPS) is 14.5. The van der Waals surface area contributed by atoms with Gasteiger partial charge < -0.3 is 19.7 Å². The van der Waals surface area contributed by atoms with Crippen LogP contribution >= 0.6 is 0 Å². The van der Waals surface area contributed by atoms with Crippen LogP contribution in [0.25, 0.3) is 22.5 Å². The van der Waals surface area contributed by atoms with E-state index in [1.54, 1.807) is 26.4 Å². The van der Waals surface area contributed by atoms with Crippen LogP contribution in [-0.4, -0.2) is 53.2 Å². The average Bonchev–Trinajstić information content (AvgIpc) is 2.98. The van der Waals surface area contributed by atoms with E-state index in [1.807, 2.05) is 72.9 Å². The van der Waals surface area contributed by atoms with Crippen molar-refractivity contribution in [3.05, 3.63) is 85.3 Å². The molecular weight excluding hydrogens is 478 g/mol. The van der Waals surface area contributed by atoms with Gasteiger partial charge in [-0.25, -0.2) is 9.97 Å². The van der Waals surface area contributed by atoms with Gasteiger partial charge in [-0.3, -0.25) is 9.78 Å². The lowest BCUT2D eigenvalue weighted by atomic mass is 10.0. The number of benzene rings is 2. The van der Waals surface area contributed by atoms with Gasteiger partial charge in [-0.05, 0) is 61.7 Å². The molecule has 0 bridgehead atoms. The number of hydrogen-bond donors (Lipinski definition) is 1. The highest BCUT2D eigenvalue weighted by molar-refractivity contribution is 5.81. The summed E-state index contributed by atoms with van der Waals surface area (Å²) in [6.07, 6.45) is 6.39. The highest BCUT2D eigenvalue weighted by Gasteiger charge is 2.26. The first-order valence-corrected chi connectivity index (χ1v) is 12.8. The molecule has 194 valence electrons. The number of piperidine rings is 1. The van der Waals surface area contributed by atoms with Crippen LogP contribution in [0.15, 0.2) is 85.3 Å². The van der Waals surface area contributed by atoms with Crippen molar-refractivity contribution in [3.8, 4) is 34.0 Å². The molecule has 1 aliphatic heterocycles. The number of rotatable bonds is 8. The Morgan fingerprint density at radius 3 is 2.45 bits per heavy atom. The van der Waals surface area contributed by atoms with E-state index in [2.05, 4.69) is 20.2 Å². The lowest BCUT2D eigenvalue weighted by Crippen LogP contribution is -2.48. The maximum atomic E-state index is 12.8. The second-order valence-corrected chi connectivity index (χ2v) is 9.24. The van der Waals surface area contributed by atoms with Gasteiger partial charge >= 0.3 is 0 Å². The maximum absolute atomic E-state index is 12.8. The monoisotopic (exact) mass is 509 g/mol. The standard InChI is InChI=1S/C30H31N5O3/c1-21(38-25-8-4-3-5-9-25)30(36)33-24-13-17-35(18-14-24)29-27(23-7-6-10-26(19-23)37-2)20-32-28(34-29)22-11-15-31-16-12-22/h3-12,15-16,19-21,24H,13-14,17-18H2,1-2H3,(H,33,36). The quantitative estimate of drug-likeness (QED) is 0.366. The van der Waals surface area contributed by atoms with Gasteiger partial charge in [-0.2, -0.15) is 0 Å². The van der Waals surface area contributed by atoms with Gasteiger partial charge in [0.15, 0.2) is 11.9 Å². The number of amides is 1. The molecule has 4 aromatic rings. The Morgan fingerprint density at radius 2 is 1.71 bits per heavy atom. The number of aromatic nitrogens is 3. The van der Waals surface area contributed by atoms with E-state index in [0.717, 1.165) is 54.2 Å². The van der Waals surface area contributed by atoms with Gasteiger partial charge in [0.25, 0.3) is 5.91 Å². The van der Waals surface area contributed by atoms with Crippen molar-refractivity contribution in [2.75, 3.05) is 25.1 Å². The molecule has 1 amide bonds. The van der Waals surface area contributed by atoms with E-state index in [4.69, 9.17) is 14.5 Å². The number of pyridine rings is 1. The summed E-state index contributed by atoms with van der Waals surface area (Å²) in [6, 6.07) is 21.2. The van der Waals surface area contributed by atoms with Crippen molar-refractivity contribution >= 4 is 11.7 Å². The molecule has 5 rings (SSSR count). The predicted octanol–water partition coefficient (Wildman–Crippen LogP) is 4.77. The number of carbonyl (C=O) groups excluding carboxylic acids is 1. The SMILES string of the molecule is COc1cccc(-c2cnc(-c3ccncc3)nc2N2CCC(NC(=O)C(C)Oc3ccccc3)CC2)c1. The third kappa shape index (κ3) is 5.91. The van der Waals surface area contributed by atoms with Crippen molar-refractivity contribution < 1.29 is 14.3 Å². The Balaban J connectivity index is 1.32. The number of methoxy groups -OCH3 is 1. The van der Waals surface area contributed by atoms with Crippen LogP contribution in [0.4, 0.5) is 5.82 Å². The molecule has 2 aromatic carbocycles. The zero-order chi connectivity index (χ0) is 26.3. The molecule has 38 heavy (non-hydrogen) atoms. The zero-order valence-corrected chi connectivity index (χ0v) is 21.6. The van der Waals surface area contributed by atoms with Crippen LogP contribution in [0.2, 0.25) is 0 Å². The van der Waals surface area contributed by atoms with Crippen molar-refractivity contribution in [3.63, 3.8) is 0 Å². The van der Waals surface area contributed by atoms with Crippen LogP contribution in [0, 0.1) is 0 Å². The molecule has 0 spiro atoms. The summed E-state index contributed by atoms with van der Waals surface area (Å²) < 4.78 is 11.2. The van der Waals surface area contributed by atoms with Crippen LogP contribution in [0.1, 0.15) is 19.8 Å². The maximum Gasteiger partial charge on any atom is 0.260 e. The van der Waals surface area contributed by atoms with E-state index in [1.165, 1.54) is 0 Å². The first kappa shape index (κ1) is 25.2. The molecule has 8 heteroatoms. The molecule has 1 fully saturated rings. The predicted molar refractivity (Wildman–Crippen MR) is 147 cm³/mol. The number of para-hydroxylation sites is 1. The second kappa shape index (κ2) is 11.7. The first-order chi connectivity index (χ1) is 18.6. The molecule has 0 radical (unpaired) electrons. The van der Waals surface area contributed by atoms with Crippen molar-refractivity contribution in [2.24, 2.45) is 0 Å². The fourth-order valence-electron chi connectivity index (χ4n) is 4.56. The number of hydrogen-bond acceptors (Lipinski definition) is 7. The molecule has 1 unspecified atom stereocenters. The Bertz CT molecular complexity index is 1360. The number of carbonyl (C=O) groups is 1. The highest BCUT2D eigenvalue weighted by atomic mass is 16.5. The smallest absolute Gasteiger partial charge is 0.260 e. The van der Waals surface area contributed by atoms with Gasteiger partial charge in [0.05, 0.1) is 7.11 Å². The van der Waals surface area contributed by atoms with Gasteiger partial charge in [-0.15, -0.1) is 0 Å². The summed E-state index contributed by atoms with van der Waals surface area (Å²) >= 11 is 0. The third-order valence-corrected chi connectivity index (χ3v) is 6.65. The molecular formula is C30H31N5O3. The number of nitrogens with zero attached hydrogens (tertiary/aromatic N) is 4. The summed E-state index contributed by atoms with van der Waals surface area (Å²) in [6.45, 7) is 3.28. The Hall–Kier alpha value is -4.46. The van der Waals surface area contributed by atoms with E-state index in [0.29, 0.717) is 11.6 Å². The molecule has 3 heterocycles. The molecule has 1 N–H and O–H groups in total. The van der Waals surface area contributed by atoms with Crippen LogP contribution in [0.3, 0.4) is 0 Å². The summed E-state index contributed by atoms with van der Waals surface area (Å²) in [5.41, 5.74) is 2.84. The summed E-state index contributed by atoms with van der Waals surface area (Å²) in [4.78, 5) is 28.8. The lowest BCUT2D eigenvalue weighted by molar-refractivity contribution is -0.128. The van der Waals surface area contributed by atoms with Gasteiger partial charge in [0, 0.05) is 48.8 Å². The zero-order valence-electron chi connectivity index (χ0n) is 21.6. The fraction of sp³-hybridized carbons (Fsp3) is 0.267. The lowest BCUT2D eigenvalue weighted by Gasteiger charge is -2.34. The minimum atomic E-state index is -0.570. The average molecular weight is 510 g/mol. The van der Waals surface area contributed by atoms with Crippen LogP contribution < -0.4 is 19.7 Å². The summed E-state index contributed by atoms with van der Waals surface area (Å²) in [5.74, 6) is 2.87. The van der Waals surface area contributed by atoms with Crippen LogP contribution in [0.5, 0.6) is 11.5 Å². The second-order valence-electron chi connectivity index (χ2n) is 9.24. The minimum absolute atomic E-state index is 0.0716. The van der Waals surface area contributed by atoms with Crippen LogP contribution in [-0.2, 0) is 4.79 Å². The van der Waals surface area contributed by atoms with Gasteiger partial charge in [0.2, 0.25) is 0 Å². The molecule has 0 saturated carbocycles. The van der Waals surface area contributed by atoms with Crippen molar-refractivity contribution in [1.29, 1.82) is 0 Å². The third-order valence-electron chi connectivity index (χ3n) is 6.65. The van der Waals surface area contributed by atoms with Gasteiger partial charge in [-0.1, -0.05) is 30.3 Å². The number of nitrogens with one attached hydrogen (secondary N) is 1. The van der Waals surface area contributed by atoms with Crippen molar-refractivity contribution in [2.45, 2.75) is 31.9 Å². The van der Waals surface area contributed by atoms with E-state index in [-0.39, 0.29) is 11.9 Å². The summed E-state index contributed by atoms with van der Waals surface area (Å²) in [5, 5.41) is 3.16. The minimum Gasteiger partial charge on any atom is -0.497 e. The molecule has 1 aliphatic rings. The summed E-state index contributed by atoms with van der Waals surface area (Å²) in [7, 11) is 1.66. The Kier molecular flexibility index (Phi) is 7.78. The topological polar surface area (TPSA) is 89.5 Å². The fourth-order valence-corrected chi connectivity index (χ4v) is 4.56. The number of ether oxygens (including phenoxy) is 2. The molecule has 8 nitrogen and oxygen atoms in total. The Morgan fingerprint density at radius 1 is 0.974 bits per heavy atom. The van der Waals surface area contributed by atoms with Crippen molar-refractivity contribution in [1.82, 2.24) is 20.3 Å². The number of anilines is 1. The molecule has 2 aromatic heterocycles. The van der Waals surface area contributed by atoms with E-state index >= 15 is 0 Å². The highest BCUT2D eigenvalue weighted by Crippen LogP contribution is 2.33. The molecule has 1 saturated heterocycles. The molecule has 1 atom stereocenters. The van der Waals surface area contributed by atoms with Gasteiger partial charge in [0.1, 0.15) is 17.3 Å². The Labute approximate surface area is 222 Å². The largest absolute Gasteiger partial charge is 0.497 e. The molecule has 0 aliphatic carbocycles. The van der Waals surface area contributed by atoms with E-state index in [9.17, 15) is 4.79 Å². The first-order valence-electron chi connectivity index (χ1n) is 12.8.